The molecular formula is C18H31N5O. The van der Waals surface area contributed by atoms with Crippen molar-refractivity contribution >= 4 is 6.03 Å². The van der Waals surface area contributed by atoms with Crippen molar-refractivity contribution in [3.05, 3.63) is 18.2 Å². The highest BCUT2D eigenvalue weighted by Gasteiger charge is 2.30. The van der Waals surface area contributed by atoms with E-state index in [1.54, 1.807) is 6.20 Å². The van der Waals surface area contributed by atoms with Crippen LogP contribution in [-0.4, -0.2) is 57.6 Å². The van der Waals surface area contributed by atoms with E-state index in [-0.39, 0.29) is 12.1 Å². The molecule has 6 heteroatoms. The van der Waals surface area contributed by atoms with Crippen molar-refractivity contribution in [1.82, 2.24) is 24.7 Å². The average Bonchev–Trinajstić information content (AvgIpc) is 3.24. The first-order valence-corrected chi connectivity index (χ1v) is 9.33. The van der Waals surface area contributed by atoms with Crippen LogP contribution in [0.5, 0.6) is 0 Å². The number of nitrogens with one attached hydrogen (secondary N) is 1. The van der Waals surface area contributed by atoms with E-state index in [0.29, 0.717) is 12.0 Å². The number of piperidine rings is 1. The second-order valence-electron chi connectivity index (χ2n) is 7.53. The summed E-state index contributed by atoms with van der Waals surface area (Å²) in [6.07, 6.45) is 8.59. The van der Waals surface area contributed by atoms with E-state index < -0.39 is 0 Å². The van der Waals surface area contributed by atoms with Crippen molar-refractivity contribution in [2.24, 2.45) is 13.0 Å². The van der Waals surface area contributed by atoms with Gasteiger partial charge in [-0.2, -0.15) is 0 Å². The van der Waals surface area contributed by atoms with Crippen LogP contribution >= 0.6 is 0 Å². The van der Waals surface area contributed by atoms with Gasteiger partial charge < -0.3 is 19.7 Å². The Morgan fingerprint density at radius 3 is 2.42 bits per heavy atom. The maximum absolute atomic E-state index is 12.7. The Morgan fingerprint density at radius 2 is 1.88 bits per heavy atom. The van der Waals surface area contributed by atoms with Crippen LogP contribution in [0, 0.1) is 5.92 Å². The van der Waals surface area contributed by atoms with Crippen LogP contribution in [0.3, 0.4) is 0 Å². The smallest absolute Gasteiger partial charge is 0.317 e. The molecule has 3 rings (SSSR count). The topological polar surface area (TPSA) is 53.4 Å². The number of rotatable bonds is 4. The zero-order valence-corrected chi connectivity index (χ0v) is 15.2. The van der Waals surface area contributed by atoms with Crippen LogP contribution in [-0.2, 0) is 7.05 Å². The first kappa shape index (κ1) is 17.3. The third-order valence-electron chi connectivity index (χ3n) is 5.49. The summed E-state index contributed by atoms with van der Waals surface area (Å²) >= 11 is 0. The molecule has 3 heterocycles. The Hall–Kier alpha value is -1.56. The van der Waals surface area contributed by atoms with E-state index in [2.05, 4.69) is 29.0 Å². The molecule has 0 saturated carbocycles. The average molecular weight is 333 g/mol. The summed E-state index contributed by atoms with van der Waals surface area (Å²) in [7, 11) is 1.98. The monoisotopic (exact) mass is 333 g/mol. The summed E-state index contributed by atoms with van der Waals surface area (Å²) in [6.45, 7) is 8.45. The second kappa shape index (κ2) is 7.55. The summed E-state index contributed by atoms with van der Waals surface area (Å²) < 4.78 is 1.99. The molecule has 2 fully saturated rings. The van der Waals surface area contributed by atoms with Crippen LogP contribution in [0.1, 0.15) is 51.4 Å². The zero-order valence-electron chi connectivity index (χ0n) is 15.2. The SMILES string of the molecule is CC(C)[C@H](NC(=O)N1CCC(N2CCCC2)CC1)c1nccn1C. The molecule has 0 bridgehead atoms. The number of nitrogens with zero attached hydrogens (tertiary/aromatic N) is 4. The van der Waals surface area contributed by atoms with Crippen molar-refractivity contribution in [3.63, 3.8) is 0 Å². The molecule has 0 radical (unpaired) electrons. The van der Waals surface area contributed by atoms with Gasteiger partial charge in [-0.15, -0.1) is 0 Å². The fraction of sp³-hybridized carbons (Fsp3) is 0.778. The van der Waals surface area contributed by atoms with Gasteiger partial charge in [-0.3, -0.25) is 0 Å². The van der Waals surface area contributed by atoms with E-state index in [4.69, 9.17) is 0 Å². The molecular weight excluding hydrogens is 302 g/mol. The number of hydrogen-bond donors (Lipinski definition) is 1. The summed E-state index contributed by atoms with van der Waals surface area (Å²) in [4.78, 5) is 21.7. The molecule has 24 heavy (non-hydrogen) atoms. The molecule has 0 spiro atoms. The molecule has 0 aromatic carbocycles. The minimum atomic E-state index is -0.0474. The number of aryl methyl sites for hydroxylation is 1. The van der Waals surface area contributed by atoms with E-state index in [1.807, 2.05) is 22.7 Å². The molecule has 1 atom stereocenters. The van der Waals surface area contributed by atoms with Gasteiger partial charge in [-0.25, -0.2) is 9.78 Å². The molecule has 2 aliphatic rings. The Balaban J connectivity index is 1.55. The van der Waals surface area contributed by atoms with Gasteiger partial charge in [0, 0.05) is 38.6 Å². The lowest BCUT2D eigenvalue weighted by molar-refractivity contribution is 0.130. The number of hydrogen-bond acceptors (Lipinski definition) is 3. The van der Waals surface area contributed by atoms with E-state index in [0.717, 1.165) is 31.8 Å². The van der Waals surface area contributed by atoms with Gasteiger partial charge in [0.2, 0.25) is 0 Å². The fourth-order valence-electron chi connectivity index (χ4n) is 3.97. The molecule has 1 aromatic rings. The first-order valence-electron chi connectivity index (χ1n) is 9.33. The molecule has 2 aliphatic heterocycles. The largest absolute Gasteiger partial charge is 0.336 e. The highest BCUT2D eigenvalue weighted by molar-refractivity contribution is 5.74. The number of likely N-dealkylation sites (tertiary alicyclic amines) is 2. The van der Waals surface area contributed by atoms with Gasteiger partial charge in [0.25, 0.3) is 0 Å². The molecule has 134 valence electrons. The van der Waals surface area contributed by atoms with E-state index in [1.165, 1.54) is 25.9 Å². The Kier molecular flexibility index (Phi) is 5.43. The van der Waals surface area contributed by atoms with Crippen LogP contribution in [0.15, 0.2) is 12.4 Å². The maximum Gasteiger partial charge on any atom is 0.317 e. The number of amides is 2. The second-order valence-corrected chi connectivity index (χ2v) is 7.53. The zero-order chi connectivity index (χ0) is 17.1. The third kappa shape index (κ3) is 3.74. The predicted molar refractivity (Wildman–Crippen MR) is 94.7 cm³/mol. The third-order valence-corrected chi connectivity index (χ3v) is 5.49. The molecule has 1 N–H and O–H groups in total. The highest BCUT2D eigenvalue weighted by atomic mass is 16.2. The highest BCUT2D eigenvalue weighted by Crippen LogP contribution is 2.23. The Morgan fingerprint density at radius 1 is 1.21 bits per heavy atom. The first-order chi connectivity index (χ1) is 11.6. The normalized spacial score (nSPS) is 21.4. The summed E-state index contributed by atoms with van der Waals surface area (Å²) in [5.41, 5.74) is 0. The van der Waals surface area contributed by atoms with Crippen LogP contribution < -0.4 is 5.32 Å². The number of carbonyl (C=O) groups excluding carboxylic acids is 1. The maximum atomic E-state index is 12.7. The van der Waals surface area contributed by atoms with Gasteiger partial charge in [0.15, 0.2) is 0 Å². The summed E-state index contributed by atoms with van der Waals surface area (Å²) in [5.74, 6) is 1.22. The molecule has 0 aliphatic carbocycles. The minimum Gasteiger partial charge on any atom is -0.336 e. The van der Waals surface area contributed by atoms with Crippen LogP contribution in [0.2, 0.25) is 0 Å². The number of aromatic nitrogens is 2. The van der Waals surface area contributed by atoms with Crippen LogP contribution in [0.4, 0.5) is 4.79 Å². The standard InChI is InChI=1S/C18H31N5O/c1-14(2)16(17-19-8-13-21(17)3)20-18(24)23-11-6-15(7-12-23)22-9-4-5-10-22/h8,13-16H,4-7,9-12H2,1-3H3,(H,20,24)/t16-/m0/s1. The minimum absolute atomic E-state index is 0.0474. The molecule has 6 nitrogen and oxygen atoms in total. The Bertz CT molecular complexity index is 541. The Labute approximate surface area is 145 Å². The van der Waals surface area contributed by atoms with Gasteiger partial charge in [0.1, 0.15) is 5.82 Å². The van der Waals surface area contributed by atoms with Gasteiger partial charge in [0.05, 0.1) is 6.04 Å². The lowest BCUT2D eigenvalue weighted by atomic mass is 10.0. The molecule has 1 aromatic heterocycles. The molecule has 0 unspecified atom stereocenters. The fourth-order valence-corrected chi connectivity index (χ4v) is 3.97. The van der Waals surface area contributed by atoms with Crippen molar-refractivity contribution < 1.29 is 4.79 Å². The van der Waals surface area contributed by atoms with Crippen molar-refractivity contribution in [1.29, 1.82) is 0 Å². The van der Waals surface area contributed by atoms with E-state index >= 15 is 0 Å². The predicted octanol–water partition coefficient (Wildman–Crippen LogP) is 2.39. The van der Waals surface area contributed by atoms with Crippen molar-refractivity contribution in [3.8, 4) is 0 Å². The molecule has 2 amide bonds. The number of urea groups is 1. The quantitative estimate of drug-likeness (QED) is 0.920. The molecule has 2 saturated heterocycles. The summed E-state index contributed by atoms with van der Waals surface area (Å²) in [6, 6.07) is 0.678. The van der Waals surface area contributed by atoms with Crippen molar-refractivity contribution in [2.45, 2.75) is 51.6 Å². The number of carbonyl (C=O) groups is 1. The van der Waals surface area contributed by atoms with Crippen LogP contribution in [0.25, 0.3) is 0 Å². The van der Waals surface area contributed by atoms with Crippen molar-refractivity contribution in [2.75, 3.05) is 26.2 Å². The lowest BCUT2D eigenvalue weighted by Gasteiger charge is -2.37. The summed E-state index contributed by atoms with van der Waals surface area (Å²) in [5, 5.41) is 3.20. The van der Waals surface area contributed by atoms with E-state index in [9.17, 15) is 4.79 Å². The number of imidazole rings is 1. The van der Waals surface area contributed by atoms with Gasteiger partial charge in [-0.05, 0) is 44.7 Å². The lowest BCUT2D eigenvalue weighted by Crippen LogP contribution is -2.50. The van der Waals surface area contributed by atoms with Gasteiger partial charge in [-0.1, -0.05) is 13.8 Å². The van der Waals surface area contributed by atoms with Gasteiger partial charge >= 0.3 is 6.03 Å².